The van der Waals surface area contributed by atoms with Gasteiger partial charge in [0.1, 0.15) is 12.7 Å². The first-order valence-electron chi connectivity index (χ1n) is 3.87. The fourth-order valence-corrected chi connectivity index (χ4v) is 0.843. The topological polar surface area (TPSA) is 78.5 Å². The molecule has 5 heteroatoms. The summed E-state index contributed by atoms with van der Waals surface area (Å²) in [5.74, 6) is 0. The molecular formula is C9H8NO4-. The SMILES string of the molecule is O=C([O-])NC(=O)OCc1ccccc1. The third-order valence-electron chi connectivity index (χ3n) is 1.42. The fraction of sp³-hybridized carbons (Fsp3) is 0.111. The van der Waals surface area contributed by atoms with Crippen molar-refractivity contribution >= 4 is 12.2 Å². The maximum Gasteiger partial charge on any atom is 0.412 e. The molecule has 0 saturated carbocycles. The summed E-state index contributed by atoms with van der Waals surface area (Å²) in [4.78, 5) is 20.6. The highest BCUT2D eigenvalue weighted by molar-refractivity contribution is 5.85. The minimum Gasteiger partial charge on any atom is -0.530 e. The number of carbonyl (C=O) groups is 2. The molecule has 2 amide bonds. The molecule has 1 aromatic rings. The standard InChI is InChI=1S/C9H9NO4/c11-8(12)10-9(13)14-6-7-4-2-1-3-5-7/h1-5H,6H2,(H,10,13)(H,11,12)/p-1. The van der Waals surface area contributed by atoms with Gasteiger partial charge in [0.15, 0.2) is 0 Å². The van der Waals surface area contributed by atoms with Crippen molar-refractivity contribution in [3.8, 4) is 0 Å². The first-order valence-corrected chi connectivity index (χ1v) is 3.87. The molecule has 0 saturated heterocycles. The number of alkyl carbamates (subject to hydrolysis) is 1. The van der Waals surface area contributed by atoms with E-state index < -0.39 is 12.2 Å². The van der Waals surface area contributed by atoms with Crippen LogP contribution in [0.1, 0.15) is 5.56 Å². The highest BCUT2D eigenvalue weighted by Gasteiger charge is 2.00. The first kappa shape index (κ1) is 10.0. The van der Waals surface area contributed by atoms with Gasteiger partial charge in [-0.15, -0.1) is 0 Å². The van der Waals surface area contributed by atoms with Crippen LogP contribution in [0.25, 0.3) is 0 Å². The van der Waals surface area contributed by atoms with Gasteiger partial charge in [-0.25, -0.2) is 4.79 Å². The number of benzene rings is 1. The fourth-order valence-electron chi connectivity index (χ4n) is 0.843. The van der Waals surface area contributed by atoms with Crippen LogP contribution >= 0.6 is 0 Å². The van der Waals surface area contributed by atoms with Crippen molar-refractivity contribution in [2.75, 3.05) is 0 Å². The molecule has 0 spiro atoms. The number of rotatable bonds is 2. The third-order valence-corrected chi connectivity index (χ3v) is 1.42. The second-order valence-electron chi connectivity index (χ2n) is 2.47. The van der Waals surface area contributed by atoms with Crippen molar-refractivity contribution in [3.05, 3.63) is 35.9 Å². The average molecular weight is 194 g/mol. The quantitative estimate of drug-likeness (QED) is 0.732. The van der Waals surface area contributed by atoms with Crippen molar-refractivity contribution in [2.45, 2.75) is 6.61 Å². The van der Waals surface area contributed by atoms with E-state index in [4.69, 9.17) is 0 Å². The van der Waals surface area contributed by atoms with E-state index in [1.807, 2.05) is 6.07 Å². The number of nitrogens with one attached hydrogen (secondary N) is 1. The molecular weight excluding hydrogens is 186 g/mol. The summed E-state index contributed by atoms with van der Waals surface area (Å²) in [6, 6.07) is 8.91. The number of hydrogen-bond donors (Lipinski definition) is 1. The molecule has 0 atom stereocenters. The predicted octanol–water partition coefficient (Wildman–Crippen LogP) is 0.256. The molecule has 0 unspecified atom stereocenters. The van der Waals surface area contributed by atoms with Gasteiger partial charge in [0.25, 0.3) is 0 Å². The molecule has 0 aliphatic rings. The monoisotopic (exact) mass is 194 g/mol. The zero-order chi connectivity index (χ0) is 10.4. The normalized spacial score (nSPS) is 9.14. The van der Waals surface area contributed by atoms with Crippen LogP contribution in [-0.2, 0) is 11.3 Å². The molecule has 5 nitrogen and oxygen atoms in total. The van der Waals surface area contributed by atoms with Gasteiger partial charge in [-0.3, -0.25) is 5.32 Å². The van der Waals surface area contributed by atoms with E-state index >= 15 is 0 Å². The van der Waals surface area contributed by atoms with E-state index in [0.717, 1.165) is 5.56 Å². The van der Waals surface area contributed by atoms with Crippen LogP contribution in [0.5, 0.6) is 0 Å². The number of carbonyl (C=O) groups excluding carboxylic acids is 2. The summed E-state index contributed by atoms with van der Waals surface area (Å²) in [5.41, 5.74) is 0.779. The van der Waals surface area contributed by atoms with Gasteiger partial charge in [0, 0.05) is 0 Å². The lowest BCUT2D eigenvalue weighted by molar-refractivity contribution is -0.249. The number of ether oxygens (including phenoxy) is 1. The van der Waals surface area contributed by atoms with E-state index in [9.17, 15) is 14.7 Å². The molecule has 0 aliphatic heterocycles. The minimum atomic E-state index is -1.68. The minimum absolute atomic E-state index is 0.0277. The van der Waals surface area contributed by atoms with Gasteiger partial charge < -0.3 is 14.6 Å². The van der Waals surface area contributed by atoms with Gasteiger partial charge in [0.05, 0.1) is 0 Å². The zero-order valence-corrected chi connectivity index (χ0v) is 7.23. The zero-order valence-electron chi connectivity index (χ0n) is 7.23. The molecule has 0 heterocycles. The largest absolute Gasteiger partial charge is 0.530 e. The molecule has 1 N–H and O–H groups in total. The summed E-state index contributed by atoms with van der Waals surface area (Å²) >= 11 is 0. The lowest BCUT2D eigenvalue weighted by Gasteiger charge is -2.06. The Morgan fingerprint density at radius 3 is 2.50 bits per heavy atom. The van der Waals surface area contributed by atoms with Gasteiger partial charge in [-0.1, -0.05) is 30.3 Å². The molecule has 0 radical (unpaired) electrons. The molecule has 14 heavy (non-hydrogen) atoms. The Morgan fingerprint density at radius 1 is 1.29 bits per heavy atom. The Morgan fingerprint density at radius 2 is 1.93 bits per heavy atom. The van der Waals surface area contributed by atoms with E-state index in [1.54, 1.807) is 24.3 Å². The van der Waals surface area contributed by atoms with Crippen LogP contribution in [0.2, 0.25) is 0 Å². The Balaban J connectivity index is 2.34. The molecule has 0 aromatic heterocycles. The third kappa shape index (κ3) is 3.57. The van der Waals surface area contributed by atoms with Crippen LogP contribution in [-0.4, -0.2) is 12.2 Å². The second-order valence-corrected chi connectivity index (χ2v) is 2.47. The smallest absolute Gasteiger partial charge is 0.412 e. The molecule has 0 fully saturated rings. The molecule has 1 aromatic carbocycles. The number of imide groups is 1. The van der Waals surface area contributed by atoms with E-state index in [-0.39, 0.29) is 6.61 Å². The molecule has 1 rings (SSSR count). The number of amides is 2. The van der Waals surface area contributed by atoms with Crippen molar-refractivity contribution < 1.29 is 19.4 Å². The van der Waals surface area contributed by atoms with Gasteiger partial charge in [0.2, 0.25) is 0 Å². The summed E-state index contributed by atoms with van der Waals surface area (Å²) in [7, 11) is 0. The van der Waals surface area contributed by atoms with E-state index in [0.29, 0.717) is 0 Å². The average Bonchev–Trinajstić information content (AvgIpc) is 2.15. The van der Waals surface area contributed by atoms with Crippen molar-refractivity contribution in [1.29, 1.82) is 0 Å². The molecule has 74 valence electrons. The van der Waals surface area contributed by atoms with Crippen LogP contribution in [0.3, 0.4) is 0 Å². The van der Waals surface area contributed by atoms with E-state index in [1.165, 1.54) is 5.32 Å². The highest BCUT2D eigenvalue weighted by atomic mass is 16.6. The predicted molar refractivity (Wildman–Crippen MR) is 45.2 cm³/mol. The summed E-state index contributed by atoms with van der Waals surface area (Å²) < 4.78 is 4.57. The summed E-state index contributed by atoms with van der Waals surface area (Å²) in [5, 5.41) is 11.4. The number of carboxylic acid groups (broad SMARTS) is 1. The Hall–Kier alpha value is -2.04. The van der Waals surface area contributed by atoms with Gasteiger partial charge >= 0.3 is 6.09 Å². The van der Waals surface area contributed by atoms with Crippen LogP contribution in [0, 0.1) is 0 Å². The lowest BCUT2D eigenvalue weighted by Crippen LogP contribution is -2.40. The Bertz CT molecular complexity index is 323. The second kappa shape index (κ2) is 4.86. The van der Waals surface area contributed by atoms with Crippen molar-refractivity contribution in [3.63, 3.8) is 0 Å². The number of hydrogen-bond acceptors (Lipinski definition) is 4. The highest BCUT2D eigenvalue weighted by Crippen LogP contribution is 1.99. The van der Waals surface area contributed by atoms with Crippen LogP contribution in [0.15, 0.2) is 30.3 Å². The van der Waals surface area contributed by atoms with E-state index in [2.05, 4.69) is 4.74 Å². The Labute approximate surface area is 80.3 Å². The summed E-state index contributed by atoms with van der Waals surface area (Å²) in [6.07, 6.45) is -2.71. The van der Waals surface area contributed by atoms with Crippen molar-refractivity contribution in [2.24, 2.45) is 0 Å². The van der Waals surface area contributed by atoms with Crippen LogP contribution in [0.4, 0.5) is 9.59 Å². The van der Waals surface area contributed by atoms with Crippen molar-refractivity contribution in [1.82, 2.24) is 5.32 Å². The molecule has 0 bridgehead atoms. The van der Waals surface area contributed by atoms with Crippen LogP contribution < -0.4 is 10.4 Å². The maximum atomic E-state index is 10.7. The summed E-state index contributed by atoms with van der Waals surface area (Å²) in [6.45, 7) is 0.0277. The van der Waals surface area contributed by atoms with Gasteiger partial charge in [-0.05, 0) is 5.56 Å². The molecule has 0 aliphatic carbocycles. The Kier molecular flexibility index (Phi) is 3.49. The lowest BCUT2D eigenvalue weighted by atomic mass is 10.2. The maximum absolute atomic E-state index is 10.7. The first-order chi connectivity index (χ1) is 6.68. The van der Waals surface area contributed by atoms with Gasteiger partial charge in [-0.2, -0.15) is 0 Å².